The Labute approximate surface area is 215 Å². The number of carbonyl (C=O) groups is 1. The molecule has 194 valence electrons. The molecule has 0 radical (unpaired) electrons. The zero-order valence-electron chi connectivity index (χ0n) is 20.5. The van der Waals surface area contributed by atoms with E-state index in [1.54, 1.807) is 12.3 Å². The maximum absolute atomic E-state index is 12.9. The van der Waals surface area contributed by atoms with Crippen molar-refractivity contribution in [1.29, 1.82) is 5.26 Å². The first-order valence-electron chi connectivity index (χ1n) is 12.6. The van der Waals surface area contributed by atoms with Crippen LogP contribution < -0.4 is 4.90 Å². The second-order valence-electron chi connectivity index (χ2n) is 9.86. The third-order valence-electron chi connectivity index (χ3n) is 7.20. The molecule has 2 aliphatic carbocycles. The Morgan fingerprint density at radius 2 is 2.05 bits per heavy atom. The molecular weight excluding hydrogens is 493 g/mol. The largest absolute Gasteiger partial charge is 0.469 e. The van der Waals surface area contributed by atoms with Gasteiger partial charge in [0.05, 0.1) is 36.0 Å². The Morgan fingerprint density at radius 3 is 2.70 bits per heavy atom. The van der Waals surface area contributed by atoms with Gasteiger partial charge in [0.25, 0.3) is 0 Å². The molecule has 37 heavy (non-hydrogen) atoms. The van der Waals surface area contributed by atoms with Crippen LogP contribution in [0.1, 0.15) is 55.0 Å². The van der Waals surface area contributed by atoms with E-state index in [1.165, 1.54) is 0 Å². The van der Waals surface area contributed by atoms with Crippen molar-refractivity contribution >= 4 is 25.6 Å². The number of pyridine rings is 2. The molecule has 2 saturated carbocycles. The van der Waals surface area contributed by atoms with Crippen LogP contribution in [0.2, 0.25) is 0 Å². The molecule has 0 bridgehead atoms. The summed E-state index contributed by atoms with van der Waals surface area (Å²) in [6.45, 7) is 5.03. The number of amides is 1. The van der Waals surface area contributed by atoms with E-state index in [0.717, 1.165) is 48.2 Å². The molecule has 1 saturated heterocycles. The van der Waals surface area contributed by atoms with Crippen LogP contribution >= 0.6 is 7.82 Å². The first-order valence-corrected chi connectivity index (χ1v) is 14.1. The lowest BCUT2D eigenvalue weighted by molar-refractivity contribution is -0.135. The van der Waals surface area contributed by atoms with Gasteiger partial charge in [-0.05, 0) is 61.4 Å². The van der Waals surface area contributed by atoms with Crippen molar-refractivity contribution in [3.8, 4) is 17.2 Å². The lowest BCUT2D eigenvalue weighted by atomic mass is 9.98. The third-order valence-corrected chi connectivity index (χ3v) is 7.72. The Morgan fingerprint density at radius 1 is 1.27 bits per heavy atom. The summed E-state index contributed by atoms with van der Waals surface area (Å²) in [6, 6.07) is 8.13. The average Bonchev–Trinajstić information content (AvgIpc) is 3.80. The van der Waals surface area contributed by atoms with E-state index in [4.69, 9.17) is 14.8 Å². The summed E-state index contributed by atoms with van der Waals surface area (Å²) >= 11 is 0. The number of rotatable bonds is 9. The molecule has 0 unspecified atom stereocenters. The minimum absolute atomic E-state index is 0.0379. The van der Waals surface area contributed by atoms with Gasteiger partial charge in [-0.3, -0.25) is 14.3 Å². The van der Waals surface area contributed by atoms with Gasteiger partial charge in [-0.2, -0.15) is 5.26 Å². The number of piperazine rings is 1. The summed E-state index contributed by atoms with van der Waals surface area (Å²) in [6.07, 6.45) is 7.53. The predicted molar refractivity (Wildman–Crippen MR) is 137 cm³/mol. The molecule has 2 aromatic heterocycles. The molecule has 11 heteroatoms. The maximum atomic E-state index is 12.9. The Balaban J connectivity index is 1.40. The summed E-state index contributed by atoms with van der Waals surface area (Å²) < 4.78 is 15.4. The van der Waals surface area contributed by atoms with Crippen molar-refractivity contribution in [3.05, 3.63) is 47.9 Å². The number of phosphoric acid groups is 1. The maximum Gasteiger partial charge on any atom is 0.469 e. The highest BCUT2D eigenvalue weighted by Gasteiger charge is 2.42. The number of aromatic nitrogens is 2. The van der Waals surface area contributed by atoms with Crippen molar-refractivity contribution < 1.29 is 23.7 Å². The van der Waals surface area contributed by atoms with E-state index < -0.39 is 7.82 Å². The van der Waals surface area contributed by atoms with Crippen molar-refractivity contribution in [1.82, 2.24) is 14.9 Å². The number of phosphoric ester groups is 1. The fourth-order valence-corrected chi connectivity index (χ4v) is 5.39. The van der Waals surface area contributed by atoms with Crippen LogP contribution in [0.4, 0.5) is 5.82 Å². The molecule has 10 nitrogen and oxygen atoms in total. The highest BCUT2D eigenvalue weighted by Crippen LogP contribution is 2.45. The van der Waals surface area contributed by atoms with Gasteiger partial charge < -0.3 is 19.6 Å². The summed E-state index contributed by atoms with van der Waals surface area (Å²) in [5.41, 5.74) is 4.17. The van der Waals surface area contributed by atoms with Gasteiger partial charge in [-0.15, -0.1) is 0 Å². The zero-order valence-corrected chi connectivity index (χ0v) is 21.4. The number of carbonyl (C=O) groups excluding carboxylic acids is 1. The number of nitrogens with zero attached hydrogens (tertiary/aromatic N) is 5. The predicted octanol–water partition coefficient (Wildman–Crippen LogP) is 3.46. The number of hydrogen-bond acceptors (Lipinski definition) is 7. The van der Waals surface area contributed by atoms with Gasteiger partial charge in [0, 0.05) is 37.3 Å². The Hall–Kier alpha value is -3.09. The SMILES string of the molecule is C=Cc1cc(-c2cc(C#N)c(N3CCN(C(=O)CCOP(=O)(O)O)[C@H](C4CC4)C3)nc2C2CC2)ccn1. The fourth-order valence-electron chi connectivity index (χ4n) is 5.06. The fraction of sp³-hybridized carbons (Fsp3) is 0.462. The van der Waals surface area contributed by atoms with Gasteiger partial charge in [0.2, 0.25) is 5.91 Å². The summed E-state index contributed by atoms with van der Waals surface area (Å²) in [7, 11) is -4.61. The monoisotopic (exact) mass is 523 g/mol. The number of hydrogen-bond donors (Lipinski definition) is 2. The number of anilines is 1. The molecule has 0 aromatic carbocycles. The van der Waals surface area contributed by atoms with Gasteiger partial charge in [0.15, 0.2) is 0 Å². The van der Waals surface area contributed by atoms with Crippen LogP contribution in [0.5, 0.6) is 0 Å². The summed E-state index contributed by atoms with van der Waals surface area (Å²) in [5, 5.41) is 10.1. The van der Waals surface area contributed by atoms with Crippen LogP contribution in [0.25, 0.3) is 17.2 Å². The molecule has 3 aliphatic rings. The standard InChI is InChI=1S/C26H30N5O5P/c1-2-21-13-19(7-9-28-21)22-14-20(15-27)26(29-25(22)18-5-6-18)30-10-11-31(23(16-30)17-3-4-17)24(32)8-12-36-37(33,34)35/h2,7,9,13-14,17-18,23H,1,3-6,8,10-12,16H2,(H2,33,34,35)/t23-/m0/s1. The van der Waals surface area contributed by atoms with Crippen LogP contribution in [-0.4, -0.2) is 62.8 Å². The Kier molecular flexibility index (Phi) is 7.15. The average molecular weight is 524 g/mol. The first kappa shape index (κ1) is 25.6. The van der Waals surface area contributed by atoms with Gasteiger partial charge in [-0.1, -0.05) is 6.58 Å². The number of nitriles is 1. The smallest absolute Gasteiger partial charge is 0.352 e. The zero-order chi connectivity index (χ0) is 26.2. The lowest BCUT2D eigenvalue weighted by Crippen LogP contribution is -2.56. The molecule has 2 N–H and O–H groups in total. The molecule has 5 rings (SSSR count). The molecule has 1 aliphatic heterocycles. The molecular formula is C26H30N5O5P. The normalized spacial score (nSPS) is 20.0. The van der Waals surface area contributed by atoms with E-state index in [2.05, 4.69) is 27.1 Å². The third kappa shape index (κ3) is 5.91. The Bertz CT molecular complexity index is 1300. The van der Waals surface area contributed by atoms with Crippen LogP contribution in [0, 0.1) is 17.2 Å². The van der Waals surface area contributed by atoms with Gasteiger partial charge in [0.1, 0.15) is 11.9 Å². The molecule has 2 aromatic rings. The summed E-state index contributed by atoms with van der Waals surface area (Å²) in [4.78, 5) is 44.0. The van der Waals surface area contributed by atoms with Crippen molar-refractivity contribution in [2.24, 2.45) is 5.92 Å². The van der Waals surface area contributed by atoms with E-state index >= 15 is 0 Å². The van der Waals surface area contributed by atoms with Crippen LogP contribution in [0.15, 0.2) is 31.0 Å². The van der Waals surface area contributed by atoms with E-state index in [0.29, 0.717) is 42.9 Å². The molecule has 1 amide bonds. The van der Waals surface area contributed by atoms with Crippen LogP contribution in [0.3, 0.4) is 0 Å². The quantitative estimate of drug-likeness (QED) is 0.473. The highest BCUT2D eigenvalue weighted by atomic mass is 31.2. The minimum atomic E-state index is -4.61. The second kappa shape index (κ2) is 10.3. The van der Waals surface area contributed by atoms with E-state index in [1.807, 2.05) is 23.1 Å². The van der Waals surface area contributed by atoms with Gasteiger partial charge >= 0.3 is 7.82 Å². The second-order valence-corrected chi connectivity index (χ2v) is 11.1. The molecule has 1 atom stereocenters. The molecule has 3 heterocycles. The van der Waals surface area contributed by atoms with Crippen molar-refractivity contribution in [2.75, 3.05) is 31.1 Å². The van der Waals surface area contributed by atoms with Gasteiger partial charge in [-0.25, -0.2) is 9.55 Å². The topological polar surface area (TPSA) is 140 Å². The van der Waals surface area contributed by atoms with Crippen molar-refractivity contribution in [2.45, 2.75) is 44.1 Å². The van der Waals surface area contributed by atoms with E-state index in [9.17, 15) is 14.6 Å². The van der Waals surface area contributed by atoms with Crippen LogP contribution in [-0.2, 0) is 13.9 Å². The van der Waals surface area contributed by atoms with E-state index in [-0.39, 0.29) is 25.0 Å². The minimum Gasteiger partial charge on any atom is -0.352 e. The molecule has 3 fully saturated rings. The summed E-state index contributed by atoms with van der Waals surface area (Å²) in [5.74, 6) is 1.21. The highest BCUT2D eigenvalue weighted by molar-refractivity contribution is 7.46. The lowest BCUT2D eigenvalue weighted by Gasteiger charge is -2.42. The molecule has 0 spiro atoms. The van der Waals surface area contributed by atoms with Crippen molar-refractivity contribution in [3.63, 3.8) is 0 Å². The first-order chi connectivity index (χ1) is 17.8.